The van der Waals surface area contributed by atoms with Gasteiger partial charge in [0.25, 0.3) is 5.91 Å². The zero-order valence-electron chi connectivity index (χ0n) is 16.6. The van der Waals surface area contributed by atoms with E-state index in [1.807, 2.05) is 13.8 Å². The summed E-state index contributed by atoms with van der Waals surface area (Å²) in [5.74, 6) is 0.281. The molecule has 0 aromatic heterocycles. The summed E-state index contributed by atoms with van der Waals surface area (Å²) in [7, 11) is -2.11. The van der Waals surface area contributed by atoms with Gasteiger partial charge in [-0.3, -0.25) is 9.59 Å². The molecule has 1 heterocycles. The summed E-state index contributed by atoms with van der Waals surface area (Å²) < 4.78 is 36.9. The van der Waals surface area contributed by atoms with Crippen molar-refractivity contribution in [1.29, 1.82) is 0 Å². The molecular formula is C19H28N2O6S. The molecule has 0 atom stereocenters. The molecule has 1 saturated heterocycles. The molecule has 28 heavy (non-hydrogen) atoms. The van der Waals surface area contributed by atoms with Crippen LogP contribution in [0.15, 0.2) is 29.2 Å². The van der Waals surface area contributed by atoms with Gasteiger partial charge in [0.15, 0.2) is 6.61 Å². The molecule has 0 saturated carbocycles. The van der Waals surface area contributed by atoms with Gasteiger partial charge >= 0.3 is 5.97 Å². The lowest BCUT2D eigenvalue weighted by atomic mass is 10.1. The first-order valence-corrected chi connectivity index (χ1v) is 10.8. The highest BCUT2D eigenvalue weighted by molar-refractivity contribution is 7.89. The van der Waals surface area contributed by atoms with E-state index in [4.69, 9.17) is 9.47 Å². The predicted octanol–water partition coefficient (Wildman–Crippen LogP) is 1.51. The maximum Gasteiger partial charge on any atom is 0.306 e. The van der Waals surface area contributed by atoms with E-state index < -0.39 is 10.0 Å². The van der Waals surface area contributed by atoms with Crippen LogP contribution in [0.1, 0.15) is 26.7 Å². The second-order valence-corrected chi connectivity index (χ2v) is 8.99. The number of piperazine rings is 1. The van der Waals surface area contributed by atoms with Crippen molar-refractivity contribution in [2.45, 2.75) is 31.6 Å². The van der Waals surface area contributed by atoms with Crippen LogP contribution in [0.4, 0.5) is 0 Å². The predicted molar refractivity (Wildman–Crippen MR) is 103 cm³/mol. The van der Waals surface area contributed by atoms with Gasteiger partial charge in [0.2, 0.25) is 10.0 Å². The molecule has 1 aliphatic rings. The van der Waals surface area contributed by atoms with Gasteiger partial charge in [-0.2, -0.15) is 4.31 Å². The summed E-state index contributed by atoms with van der Waals surface area (Å²) >= 11 is 0. The largest absolute Gasteiger partial charge is 0.497 e. The van der Waals surface area contributed by atoms with Crippen molar-refractivity contribution in [2.75, 3.05) is 39.9 Å². The van der Waals surface area contributed by atoms with E-state index in [1.54, 1.807) is 12.1 Å². The lowest BCUT2D eigenvalue weighted by molar-refractivity contribution is -0.152. The van der Waals surface area contributed by atoms with Gasteiger partial charge in [0, 0.05) is 32.6 Å². The third-order valence-electron chi connectivity index (χ3n) is 4.57. The standard InChI is InChI=1S/C19H28N2O6S/c1-15(2)4-9-19(23)27-14-18(22)20-10-12-21(13-11-20)28(24,25)17-7-5-16(26-3)6-8-17/h5-8,15H,4,9-14H2,1-3H3. The Morgan fingerprint density at radius 1 is 1.07 bits per heavy atom. The quantitative estimate of drug-likeness (QED) is 0.601. The van der Waals surface area contributed by atoms with Crippen molar-refractivity contribution in [2.24, 2.45) is 5.92 Å². The molecule has 8 nitrogen and oxygen atoms in total. The molecule has 0 radical (unpaired) electrons. The molecule has 1 amide bonds. The van der Waals surface area contributed by atoms with Crippen molar-refractivity contribution < 1.29 is 27.5 Å². The van der Waals surface area contributed by atoms with Crippen molar-refractivity contribution in [3.05, 3.63) is 24.3 Å². The number of nitrogens with zero attached hydrogens (tertiary/aromatic N) is 2. The molecule has 0 N–H and O–H groups in total. The Hall–Kier alpha value is -2.13. The van der Waals surface area contributed by atoms with E-state index in [0.29, 0.717) is 18.1 Å². The molecule has 0 unspecified atom stereocenters. The van der Waals surface area contributed by atoms with Crippen LogP contribution >= 0.6 is 0 Å². The second kappa shape index (κ2) is 9.88. The molecule has 2 rings (SSSR count). The van der Waals surface area contributed by atoms with Crippen LogP contribution in [0.2, 0.25) is 0 Å². The van der Waals surface area contributed by atoms with Gasteiger partial charge in [-0.25, -0.2) is 8.42 Å². The van der Waals surface area contributed by atoms with Crippen molar-refractivity contribution in [3.8, 4) is 5.75 Å². The van der Waals surface area contributed by atoms with Crippen LogP contribution in [0.25, 0.3) is 0 Å². The number of hydrogen-bond acceptors (Lipinski definition) is 6. The fourth-order valence-corrected chi connectivity index (χ4v) is 4.21. The normalized spacial score (nSPS) is 15.5. The number of sulfonamides is 1. The van der Waals surface area contributed by atoms with Crippen LogP contribution < -0.4 is 4.74 Å². The second-order valence-electron chi connectivity index (χ2n) is 7.05. The van der Waals surface area contributed by atoms with Gasteiger partial charge in [0.05, 0.1) is 12.0 Å². The van der Waals surface area contributed by atoms with E-state index in [-0.39, 0.29) is 49.6 Å². The number of carbonyl (C=O) groups excluding carboxylic acids is 2. The first-order valence-electron chi connectivity index (χ1n) is 9.31. The summed E-state index contributed by atoms with van der Waals surface area (Å²) in [6, 6.07) is 6.20. The minimum absolute atomic E-state index is 0.187. The molecule has 1 fully saturated rings. The minimum atomic E-state index is -3.62. The molecule has 1 aromatic rings. The fraction of sp³-hybridized carbons (Fsp3) is 0.579. The molecule has 156 valence electrons. The maximum absolute atomic E-state index is 12.7. The molecule has 0 aliphatic carbocycles. The zero-order valence-corrected chi connectivity index (χ0v) is 17.4. The monoisotopic (exact) mass is 412 g/mol. The van der Waals surface area contributed by atoms with Crippen molar-refractivity contribution in [1.82, 2.24) is 9.21 Å². The number of amides is 1. The third kappa shape index (κ3) is 5.93. The number of ether oxygens (including phenoxy) is 2. The Kier molecular flexibility index (Phi) is 7.82. The van der Waals surface area contributed by atoms with Gasteiger partial charge < -0.3 is 14.4 Å². The highest BCUT2D eigenvalue weighted by atomic mass is 32.2. The van der Waals surface area contributed by atoms with E-state index >= 15 is 0 Å². The average Bonchev–Trinajstić information content (AvgIpc) is 2.70. The van der Waals surface area contributed by atoms with Crippen molar-refractivity contribution in [3.63, 3.8) is 0 Å². The van der Waals surface area contributed by atoms with E-state index in [2.05, 4.69) is 0 Å². The lowest BCUT2D eigenvalue weighted by Gasteiger charge is -2.33. The van der Waals surface area contributed by atoms with Crippen LogP contribution in [0.3, 0.4) is 0 Å². The molecule has 0 bridgehead atoms. The van der Waals surface area contributed by atoms with E-state index in [0.717, 1.165) is 6.42 Å². The summed E-state index contributed by atoms with van der Waals surface area (Å²) in [6.07, 6.45) is 1.01. The SMILES string of the molecule is COc1ccc(S(=O)(=O)N2CCN(C(=O)COC(=O)CCC(C)C)CC2)cc1. The zero-order chi connectivity index (χ0) is 20.7. The van der Waals surface area contributed by atoms with Crippen LogP contribution in [-0.2, 0) is 24.3 Å². The number of rotatable bonds is 8. The topological polar surface area (TPSA) is 93.2 Å². The summed E-state index contributed by atoms with van der Waals surface area (Å²) in [4.78, 5) is 25.5. The molecule has 0 spiro atoms. The van der Waals surface area contributed by atoms with E-state index in [1.165, 1.54) is 28.4 Å². The summed E-state index contributed by atoms with van der Waals surface area (Å²) in [6.45, 7) is 4.64. The minimum Gasteiger partial charge on any atom is -0.497 e. The average molecular weight is 413 g/mol. The van der Waals surface area contributed by atoms with Crippen LogP contribution in [-0.4, -0.2) is 69.4 Å². The first kappa shape index (κ1) is 22.2. The first-order chi connectivity index (χ1) is 13.2. The van der Waals surface area contributed by atoms with Gasteiger partial charge in [-0.05, 0) is 36.6 Å². The van der Waals surface area contributed by atoms with Crippen LogP contribution in [0.5, 0.6) is 5.75 Å². The Balaban J connectivity index is 1.84. The summed E-state index contributed by atoms with van der Waals surface area (Å²) in [5.41, 5.74) is 0. The Bertz CT molecular complexity index is 768. The number of esters is 1. The smallest absolute Gasteiger partial charge is 0.306 e. The molecule has 1 aromatic carbocycles. The van der Waals surface area contributed by atoms with Gasteiger partial charge in [-0.1, -0.05) is 13.8 Å². The third-order valence-corrected chi connectivity index (χ3v) is 6.48. The highest BCUT2D eigenvalue weighted by Crippen LogP contribution is 2.20. The number of methoxy groups -OCH3 is 1. The Morgan fingerprint density at radius 3 is 2.21 bits per heavy atom. The number of hydrogen-bond donors (Lipinski definition) is 0. The van der Waals surface area contributed by atoms with E-state index in [9.17, 15) is 18.0 Å². The number of carbonyl (C=O) groups is 2. The lowest BCUT2D eigenvalue weighted by Crippen LogP contribution is -2.51. The fourth-order valence-electron chi connectivity index (χ4n) is 2.79. The van der Waals surface area contributed by atoms with Gasteiger partial charge in [0.1, 0.15) is 5.75 Å². The van der Waals surface area contributed by atoms with Crippen molar-refractivity contribution >= 4 is 21.9 Å². The molecular weight excluding hydrogens is 384 g/mol. The molecule has 1 aliphatic heterocycles. The molecule has 9 heteroatoms. The Labute approximate surface area is 166 Å². The summed E-state index contributed by atoms with van der Waals surface area (Å²) in [5, 5.41) is 0. The Morgan fingerprint density at radius 2 is 1.68 bits per heavy atom. The number of benzene rings is 1. The van der Waals surface area contributed by atoms with Gasteiger partial charge in [-0.15, -0.1) is 0 Å². The maximum atomic E-state index is 12.7. The van der Waals surface area contributed by atoms with Crippen LogP contribution in [0, 0.1) is 5.92 Å². The highest BCUT2D eigenvalue weighted by Gasteiger charge is 2.30.